The number of carbonyl (C=O) groups excluding carboxylic acids is 2. The molecule has 1 fully saturated rings. The third kappa shape index (κ3) is 3.42. The molecule has 2 amide bonds. The van der Waals surface area contributed by atoms with Gasteiger partial charge in [-0.15, -0.1) is 0 Å². The van der Waals surface area contributed by atoms with E-state index >= 15 is 0 Å². The summed E-state index contributed by atoms with van der Waals surface area (Å²) >= 11 is 0. The Balaban J connectivity index is 1.67. The Labute approximate surface area is 129 Å². The molecule has 0 saturated carbocycles. The van der Waals surface area contributed by atoms with Crippen LogP contribution in [0.3, 0.4) is 0 Å². The van der Waals surface area contributed by atoms with Crippen LogP contribution in [-0.4, -0.2) is 35.5 Å². The van der Waals surface area contributed by atoms with Gasteiger partial charge in [-0.3, -0.25) is 14.6 Å². The van der Waals surface area contributed by atoms with Crippen molar-refractivity contribution in [2.75, 3.05) is 6.54 Å². The minimum atomic E-state index is -0.439. The maximum atomic E-state index is 12.6. The number of nitrogens with one attached hydrogen (secondary N) is 1. The van der Waals surface area contributed by atoms with Crippen LogP contribution in [0.4, 0.5) is 0 Å². The van der Waals surface area contributed by atoms with Crippen LogP contribution in [0.25, 0.3) is 0 Å². The number of carbonyl (C=O) groups is 2. The average molecular weight is 297 g/mol. The first-order chi connectivity index (χ1) is 10.7. The van der Waals surface area contributed by atoms with E-state index in [9.17, 15) is 9.59 Å². The number of amides is 2. The standard InChI is InChI=1S/C17H19N3O2/c21-16-12-20(11-14-4-2-1-3-5-14)17(22)15(19-16)10-13-6-8-18-9-7-13/h1-6,8-9,13,15H,7,10-12H2,(H,19,21)/t13?,15-/m1/s1. The van der Waals surface area contributed by atoms with Crippen molar-refractivity contribution >= 4 is 18.0 Å². The van der Waals surface area contributed by atoms with Crippen molar-refractivity contribution in [3.8, 4) is 0 Å². The SMILES string of the molecule is O=C1CN(Cc2ccccc2)C(=O)[C@@H](CC2C=CN=CC2)N1. The summed E-state index contributed by atoms with van der Waals surface area (Å²) in [6.07, 6.45) is 7.04. The minimum absolute atomic E-state index is 0.000588. The van der Waals surface area contributed by atoms with Crippen molar-refractivity contribution in [1.29, 1.82) is 0 Å². The van der Waals surface area contributed by atoms with E-state index in [0.29, 0.717) is 13.0 Å². The lowest BCUT2D eigenvalue weighted by Gasteiger charge is -2.33. The Morgan fingerprint density at radius 2 is 2.05 bits per heavy atom. The quantitative estimate of drug-likeness (QED) is 0.915. The van der Waals surface area contributed by atoms with Gasteiger partial charge in [-0.25, -0.2) is 0 Å². The topological polar surface area (TPSA) is 61.8 Å². The molecule has 0 bridgehead atoms. The van der Waals surface area contributed by atoms with Gasteiger partial charge in [-0.05, 0) is 24.3 Å². The highest BCUT2D eigenvalue weighted by Crippen LogP contribution is 2.19. The highest BCUT2D eigenvalue weighted by molar-refractivity contribution is 5.94. The fraction of sp³-hybridized carbons (Fsp3) is 0.353. The summed E-state index contributed by atoms with van der Waals surface area (Å²) in [4.78, 5) is 30.2. The second kappa shape index (κ2) is 6.56. The molecular formula is C17H19N3O2. The van der Waals surface area contributed by atoms with Gasteiger partial charge in [-0.2, -0.15) is 0 Å². The van der Waals surface area contributed by atoms with Crippen molar-refractivity contribution in [3.63, 3.8) is 0 Å². The van der Waals surface area contributed by atoms with E-state index in [1.165, 1.54) is 0 Å². The number of piperazine rings is 1. The van der Waals surface area contributed by atoms with Gasteiger partial charge < -0.3 is 10.2 Å². The molecule has 2 aliphatic rings. The van der Waals surface area contributed by atoms with Crippen LogP contribution >= 0.6 is 0 Å². The molecule has 0 aromatic heterocycles. The molecule has 1 aromatic carbocycles. The second-order valence-corrected chi connectivity index (χ2v) is 5.70. The van der Waals surface area contributed by atoms with Gasteiger partial charge in [0.1, 0.15) is 6.04 Å². The van der Waals surface area contributed by atoms with Crippen LogP contribution in [0.1, 0.15) is 18.4 Å². The molecule has 0 radical (unpaired) electrons. The van der Waals surface area contributed by atoms with Gasteiger partial charge in [0.15, 0.2) is 0 Å². The van der Waals surface area contributed by atoms with Crippen LogP contribution in [0.15, 0.2) is 47.6 Å². The number of allylic oxidation sites excluding steroid dienone is 1. The van der Waals surface area contributed by atoms with Gasteiger partial charge in [-0.1, -0.05) is 36.4 Å². The summed E-state index contributed by atoms with van der Waals surface area (Å²) in [5.74, 6) is 0.164. The van der Waals surface area contributed by atoms with E-state index in [2.05, 4.69) is 10.3 Å². The summed E-state index contributed by atoms with van der Waals surface area (Å²) < 4.78 is 0. The number of hydrogen-bond donors (Lipinski definition) is 1. The molecule has 2 atom stereocenters. The van der Waals surface area contributed by atoms with Crippen molar-refractivity contribution in [2.45, 2.75) is 25.4 Å². The Morgan fingerprint density at radius 3 is 2.77 bits per heavy atom. The number of rotatable bonds is 4. The molecule has 1 aromatic rings. The van der Waals surface area contributed by atoms with Crippen LogP contribution in [0, 0.1) is 5.92 Å². The highest BCUT2D eigenvalue weighted by Gasteiger charge is 2.33. The largest absolute Gasteiger partial charge is 0.343 e. The lowest BCUT2D eigenvalue weighted by atomic mass is 9.94. The monoisotopic (exact) mass is 297 g/mol. The van der Waals surface area contributed by atoms with Gasteiger partial charge >= 0.3 is 0 Å². The van der Waals surface area contributed by atoms with Gasteiger partial charge in [0.25, 0.3) is 0 Å². The lowest BCUT2D eigenvalue weighted by Crippen LogP contribution is -2.58. The first-order valence-electron chi connectivity index (χ1n) is 7.53. The third-order valence-electron chi connectivity index (χ3n) is 3.99. The number of benzene rings is 1. The normalized spacial score (nSPS) is 24.5. The molecular weight excluding hydrogens is 278 g/mol. The molecule has 1 saturated heterocycles. The van der Waals surface area contributed by atoms with E-state index in [1.807, 2.05) is 42.6 Å². The molecule has 1 N–H and O–H groups in total. The van der Waals surface area contributed by atoms with Crippen molar-refractivity contribution in [2.24, 2.45) is 10.9 Å². The van der Waals surface area contributed by atoms with Crippen LogP contribution in [-0.2, 0) is 16.1 Å². The smallest absolute Gasteiger partial charge is 0.245 e. The van der Waals surface area contributed by atoms with E-state index < -0.39 is 6.04 Å². The number of aliphatic imine (C=N–C) groups is 1. The predicted molar refractivity (Wildman–Crippen MR) is 84.1 cm³/mol. The summed E-state index contributed by atoms with van der Waals surface area (Å²) in [5, 5.41) is 2.82. The maximum absolute atomic E-state index is 12.6. The summed E-state index contributed by atoms with van der Waals surface area (Å²) in [5.41, 5.74) is 1.04. The summed E-state index contributed by atoms with van der Waals surface area (Å²) in [6.45, 7) is 0.609. The van der Waals surface area contributed by atoms with E-state index in [-0.39, 0.29) is 24.3 Å². The minimum Gasteiger partial charge on any atom is -0.343 e. The Hall–Kier alpha value is -2.43. The Kier molecular flexibility index (Phi) is 4.32. The molecule has 5 nitrogen and oxygen atoms in total. The first kappa shape index (κ1) is 14.5. The summed E-state index contributed by atoms with van der Waals surface area (Å²) in [7, 11) is 0. The molecule has 114 valence electrons. The molecule has 0 spiro atoms. The van der Waals surface area contributed by atoms with Crippen molar-refractivity contribution in [3.05, 3.63) is 48.2 Å². The van der Waals surface area contributed by atoms with E-state index in [0.717, 1.165) is 12.0 Å². The molecule has 2 heterocycles. The highest BCUT2D eigenvalue weighted by atomic mass is 16.2. The summed E-state index contributed by atoms with van der Waals surface area (Å²) in [6, 6.07) is 9.31. The van der Waals surface area contributed by atoms with E-state index in [4.69, 9.17) is 0 Å². The van der Waals surface area contributed by atoms with Crippen molar-refractivity contribution < 1.29 is 9.59 Å². The molecule has 3 rings (SSSR count). The maximum Gasteiger partial charge on any atom is 0.245 e. The number of nitrogens with zero attached hydrogens (tertiary/aromatic N) is 2. The average Bonchev–Trinajstić information content (AvgIpc) is 2.54. The lowest BCUT2D eigenvalue weighted by molar-refractivity contribution is -0.145. The number of hydrogen-bond acceptors (Lipinski definition) is 3. The third-order valence-corrected chi connectivity index (χ3v) is 3.99. The Bertz CT molecular complexity index is 610. The van der Waals surface area contributed by atoms with Crippen LogP contribution < -0.4 is 5.32 Å². The zero-order chi connectivity index (χ0) is 15.4. The molecule has 22 heavy (non-hydrogen) atoms. The first-order valence-corrected chi connectivity index (χ1v) is 7.53. The van der Waals surface area contributed by atoms with E-state index in [1.54, 1.807) is 11.1 Å². The van der Waals surface area contributed by atoms with Crippen LogP contribution in [0.2, 0.25) is 0 Å². The van der Waals surface area contributed by atoms with Gasteiger partial charge in [0.05, 0.1) is 6.54 Å². The Morgan fingerprint density at radius 1 is 1.23 bits per heavy atom. The predicted octanol–water partition coefficient (Wildman–Crippen LogP) is 1.51. The van der Waals surface area contributed by atoms with Crippen molar-refractivity contribution in [1.82, 2.24) is 10.2 Å². The fourth-order valence-electron chi connectivity index (χ4n) is 2.86. The fourth-order valence-corrected chi connectivity index (χ4v) is 2.86. The van der Waals surface area contributed by atoms with Crippen LogP contribution in [0.5, 0.6) is 0 Å². The zero-order valence-corrected chi connectivity index (χ0v) is 12.3. The molecule has 2 aliphatic heterocycles. The zero-order valence-electron chi connectivity index (χ0n) is 12.3. The molecule has 1 unspecified atom stereocenters. The molecule has 0 aliphatic carbocycles. The second-order valence-electron chi connectivity index (χ2n) is 5.70. The van der Waals surface area contributed by atoms with Gasteiger partial charge in [0, 0.05) is 19.0 Å². The van der Waals surface area contributed by atoms with Gasteiger partial charge in [0.2, 0.25) is 11.8 Å². The molecule has 5 heteroatoms.